The first-order valence-corrected chi connectivity index (χ1v) is 8.20. The van der Waals surface area contributed by atoms with Crippen LogP contribution in [0.4, 0.5) is 17.1 Å². The van der Waals surface area contributed by atoms with Crippen LogP contribution in [0.3, 0.4) is 0 Å². The molecule has 0 saturated carbocycles. The van der Waals surface area contributed by atoms with Gasteiger partial charge in [-0.1, -0.05) is 39.0 Å². The fraction of sp³-hybridized carbons (Fsp3) is 0.263. The number of hydrogen-bond donors (Lipinski definition) is 2. The van der Waals surface area contributed by atoms with Crippen molar-refractivity contribution in [2.24, 2.45) is 0 Å². The third-order valence-electron chi connectivity index (χ3n) is 3.81. The second kappa shape index (κ2) is 7.86. The highest BCUT2D eigenvalue weighted by Gasteiger charge is 2.20. The van der Waals surface area contributed by atoms with Crippen molar-refractivity contribution < 1.29 is 19.2 Å². The number of rotatable bonds is 5. The van der Waals surface area contributed by atoms with E-state index >= 15 is 0 Å². The molecule has 0 atom stereocenters. The molecule has 2 aromatic carbocycles. The normalized spacial score (nSPS) is 10.9. The van der Waals surface area contributed by atoms with Crippen LogP contribution in [0.15, 0.2) is 42.5 Å². The number of para-hydroxylation sites is 1. The smallest absolute Gasteiger partial charge is 0.338 e. The Bertz CT molecular complexity index is 887. The van der Waals surface area contributed by atoms with Gasteiger partial charge in [-0.05, 0) is 29.2 Å². The summed E-state index contributed by atoms with van der Waals surface area (Å²) in [7, 11) is 0. The van der Waals surface area contributed by atoms with Crippen LogP contribution in [0.1, 0.15) is 36.7 Å². The molecule has 0 radical (unpaired) electrons. The minimum absolute atomic E-state index is 0.0567. The van der Waals surface area contributed by atoms with E-state index < -0.39 is 29.1 Å². The van der Waals surface area contributed by atoms with E-state index in [1.807, 2.05) is 32.9 Å². The van der Waals surface area contributed by atoms with Crippen molar-refractivity contribution in [2.45, 2.75) is 26.2 Å². The molecule has 0 bridgehead atoms. The van der Waals surface area contributed by atoms with Crippen LogP contribution < -0.4 is 11.1 Å². The van der Waals surface area contributed by atoms with Crippen molar-refractivity contribution >= 4 is 28.9 Å². The summed E-state index contributed by atoms with van der Waals surface area (Å²) < 4.78 is 4.95. The Labute approximate surface area is 156 Å². The van der Waals surface area contributed by atoms with Crippen LogP contribution in [0.2, 0.25) is 0 Å². The van der Waals surface area contributed by atoms with Gasteiger partial charge in [-0.2, -0.15) is 0 Å². The second-order valence-corrected chi connectivity index (χ2v) is 6.95. The van der Waals surface area contributed by atoms with Gasteiger partial charge in [-0.3, -0.25) is 14.9 Å². The van der Waals surface area contributed by atoms with Crippen molar-refractivity contribution in [3.05, 3.63) is 63.7 Å². The van der Waals surface area contributed by atoms with Crippen LogP contribution in [-0.2, 0) is 14.9 Å². The van der Waals surface area contributed by atoms with Crippen molar-refractivity contribution in [3.63, 3.8) is 0 Å². The summed E-state index contributed by atoms with van der Waals surface area (Å²) in [6.45, 7) is 5.54. The van der Waals surface area contributed by atoms with E-state index in [9.17, 15) is 19.7 Å². The molecule has 0 saturated heterocycles. The number of ether oxygens (including phenoxy) is 1. The largest absolute Gasteiger partial charge is 0.452 e. The van der Waals surface area contributed by atoms with Crippen LogP contribution in [0, 0.1) is 10.1 Å². The Morgan fingerprint density at radius 2 is 1.85 bits per heavy atom. The average Bonchev–Trinajstić information content (AvgIpc) is 2.59. The molecule has 3 N–H and O–H groups in total. The zero-order chi connectivity index (χ0) is 20.2. The average molecular weight is 371 g/mol. The third kappa shape index (κ3) is 5.04. The minimum atomic E-state index is -0.850. The Kier molecular flexibility index (Phi) is 5.79. The van der Waals surface area contributed by atoms with Crippen LogP contribution >= 0.6 is 0 Å². The van der Waals surface area contributed by atoms with Gasteiger partial charge in [0.05, 0.1) is 10.5 Å². The lowest BCUT2D eigenvalue weighted by molar-refractivity contribution is -0.383. The van der Waals surface area contributed by atoms with Crippen LogP contribution in [0.25, 0.3) is 0 Å². The first-order valence-electron chi connectivity index (χ1n) is 8.20. The maximum absolute atomic E-state index is 12.1. The Hall–Kier alpha value is -3.42. The highest BCUT2D eigenvalue weighted by atomic mass is 16.6. The number of carbonyl (C=O) groups is 2. The lowest BCUT2D eigenvalue weighted by Crippen LogP contribution is -2.23. The molecule has 0 fully saturated rings. The maximum atomic E-state index is 12.1. The topological polar surface area (TPSA) is 125 Å². The van der Waals surface area contributed by atoms with E-state index in [1.54, 1.807) is 12.1 Å². The standard InChI is InChI=1S/C19H21N3O5/c1-19(2,3)13-6-4-5-7-15(13)21-17(23)11-27-18(24)12-8-9-14(20)16(10-12)22(25)26/h4-10H,11,20H2,1-3H3,(H,21,23). The van der Waals surface area contributed by atoms with Gasteiger partial charge in [0, 0.05) is 11.8 Å². The van der Waals surface area contributed by atoms with E-state index in [0.717, 1.165) is 11.6 Å². The SMILES string of the molecule is CC(C)(C)c1ccccc1NC(=O)COC(=O)c1ccc(N)c([N+](=O)[O-])c1. The molecular formula is C19H21N3O5. The summed E-state index contributed by atoms with van der Waals surface area (Å²) >= 11 is 0. The predicted molar refractivity (Wildman–Crippen MR) is 102 cm³/mol. The number of nitrogen functional groups attached to an aromatic ring is 1. The zero-order valence-electron chi connectivity index (χ0n) is 15.3. The van der Waals surface area contributed by atoms with E-state index in [-0.39, 0.29) is 16.7 Å². The minimum Gasteiger partial charge on any atom is -0.452 e. The van der Waals surface area contributed by atoms with Gasteiger partial charge < -0.3 is 15.8 Å². The predicted octanol–water partition coefficient (Wildman–Crippen LogP) is 3.27. The van der Waals surface area contributed by atoms with Gasteiger partial charge in [0.2, 0.25) is 0 Å². The molecule has 0 aliphatic heterocycles. The molecule has 8 heteroatoms. The molecule has 1 amide bonds. The molecule has 8 nitrogen and oxygen atoms in total. The van der Waals surface area contributed by atoms with E-state index in [4.69, 9.17) is 10.5 Å². The van der Waals surface area contributed by atoms with Gasteiger partial charge in [-0.25, -0.2) is 4.79 Å². The van der Waals surface area contributed by atoms with Gasteiger partial charge in [0.15, 0.2) is 6.61 Å². The zero-order valence-corrected chi connectivity index (χ0v) is 15.3. The fourth-order valence-corrected chi connectivity index (χ4v) is 2.48. The molecule has 0 spiro atoms. The lowest BCUT2D eigenvalue weighted by atomic mass is 9.86. The van der Waals surface area contributed by atoms with E-state index in [2.05, 4.69) is 5.32 Å². The van der Waals surface area contributed by atoms with Crippen LogP contribution in [0.5, 0.6) is 0 Å². The molecular weight excluding hydrogens is 350 g/mol. The summed E-state index contributed by atoms with van der Waals surface area (Å²) in [5.41, 5.74) is 6.38. The number of esters is 1. The van der Waals surface area contributed by atoms with Crippen molar-refractivity contribution in [3.8, 4) is 0 Å². The lowest BCUT2D eigenvalue weighted by Gasteiger charge is -2.22. The molecule has 0 heterocycles. The molecule has 27 heavy (non-hydrogen) atoms. The number of anilines is 2. The highest BCUT2D eigenvalue weighted by Crippen LogP contribution is 2.29. The third-order valence-corrected chi connectivity index (χ3v) is 3.81. The maximum Gasteiger partial charge on any atom is 0.338 e. The first kappa shape index (κ1) is 19.9. The van der Waals surface area contributed by atoms with Gasteiger partial charge in [-0.15, -0.1) is 0 Å². The number of amides is 1. The molecule has 142 valence electrons. The summed E-state index contributed by atoms with van der Waals surface area (Å²) in [6.07, 6.45) is 0. The quantitative estimate of drug-likeness (QED) is 0.360. The number of hydrogen-bond acceptors (Lipinski definition) is 6. The van der Waals surface area contributed by atoms with Gasteiger partial charge in [0.1, 0.15) is 5.69 Å². The fourth-order valence-electron chi connectivity index (χ4n) is 2.48. The van der Waals surface area contributed by atoms with Crippen molar-refractivity contribution in [1.82, 2.24) is 0 Å². The number of benzene rings is 2. The molecule has 0 unspecified atom stereocenters. The molecule has 2 aromatic rings. The van der Waals surface area contributed by atoms with Gasteiger partial charge in [0.25, 0.3) is 11.6 Å². The number of nitro groups is 1. The summed E-state index contributed by atoms with van der Waals surface area (Å²) in [4.78, 5) is 34.4. The number of nitro benzene ring substituents is 1. The highest BCUT2D eigenvalue weighted by molar-refractivity contribution is 5.96. The van der Waals surface area contributed by atoms with Crippen LogP contribution in [-0.4, -0.2) is 23.4 Å². The van der Waals surface area contributed by atoms with Crippen molar-refractivity contribution in [1.29, 1.82) is 0 Å². The molecule has 2 rings (SSSR count). The van der Waals surface area contributed by atoms with E-state index in [0.29, 0.717) is 5.69 Å². The number of nitrogens with one attached hydrogen (secondary N) is 1. The monoisotopic (exact) mass is 371 g/mol. The summed E-state index contributed by atoms with van der Waals surface area (Å²) in [5, 5.41) is 13.6. The second-order valence-electron chi connectivity index (χ2n) is 6.95. The number of nitrogens with zero attached hydrogens (tertiary/aromatic N) is 1. The van der Waals surface area contributed by atoms with E-state index in [1.165, 1.54) is 12.1 Å². The number of nitrogens with two attached hydrogens (primary N) is 1. The Morgan fingerprint density at radius 1 is 1.19 bits per heavy atom. The Balaban J connectivity index is 2.04. The first-order chi connectivity index (χ1) is 12.6. The molecule has 0 aromatic heterocycles. The summed E-state index contributed by atoms with van der Waals surface area (Å²) in [5.74, 6) is -1.36. The summed E-state index contributed by atoms with van der Waals surface area (Å²) in [6, 6.07) is 10.9. The van der Waals surface area contributed by atoms with Gasteiger partial charge >= 0.3 is 5.97 Å². The number of carbonyl (C=O) groups excluding carboxylic acids is 2. The molecule has 0 aliphatic rings. The van der Waals surface area contributed by atoms with Crippen molar-refractivity contribution in [2.75, 3.05) is 17.7 Å². The Morgan fingerprint density at radius 3 is 2.48 bits per heavy atom. The molecule has 0 aliphatic carbocycles.